The van der Waals surface area contributed by atoms with Crippen LogP contribution in [0, 0.1) is 17.7 Å². The molecule has 4 atom stereocenters. The van der Waals surface area contributed by atoms with Crippen LogP contribution < -0.4 is 0 Å². The van der Waals surface area contributed by atoms with E-state index < -0.39 is 0 Å². The Kier molecular flexibility index (Phi) is 5.18. The third-order valence-electron chi connectivity index (χ3n) is 5.72. The zero-order valence-electron chi connectivity index (χ0n) is 15.0. The van der Waals surface area contributed by atoms with Gasteiger partial charge in [-0.05, 0) is 48.9 Å². The Bertz CT molecular complexity index is 740. The van der Waals surface area contributed by atoms with E-state index in [4.69, 9.17) is 0 Å². The summed E-state index contributed by atoms with van der Waals surface area (Å²) in [5, 5.41) is 9.92. The molecule has 5 heteroatoms. The topological polar surface area (TPSA) is 36.4 Å². The summed E-state index contributed by atoms with van der Waals surface area (Å²) < 4.78 is 13.9. The van der Waals surface area contributed by atoms with Gasteiger partial charge in [-0.25, -0.2) is 4.39 Å². The molecule has 26 heavy (non-hydrogen) atoms. The Morgan fingerprint density at radius 3 is 2.58 bits per heavy atom. The fourth-order valence-corrected chi connectivity index (χ4v) is 5.86. The maximum atomic E-state index is 13.9. The van der Waals surface area contributed by atoms with Gasteiger partial charge in [0.1, 0.15) is 11.6 Å². The molecule has 3 nitrogen and oxygen atoms in total. The summed E-state index contributed by atoms with van der Waals surface area (Å²) in [5.41, 5.74) is 1.04. The first kappa shape index (κ1) is 17.8. The second-order valence-corrected chi connectivity index (χ2v) is 9.06. The molecular formula is C21H25FN2OS. The van der Waals surface area contributed by atoms with Crippen LogP contribution in [-0.4, -0.2) is 39.9 Å². The lowest BCUT2D eigenvalue weighted by molar-refractivity contribution is 0.295. The molecule has 1 saturated carbocycles. The summed E-state index contributed by atoms with van der Waals surface area (Å²) in [5.74, 6) is 1.96. The van der Waals surface area contributed by atoms with Gasteiger partial charge in [0.15, 0.2) is 0 Å². The minimum Gasteiger partial charge on any atom is -0.506 e. The van der Waals surface area contributed by atoms with Crippen LogP contribution in [0.3, 0.4) is 0 Å². The van der Waals surface area contributed by atoms with Crippen LogP contribution in [0.2, 0.25) is 0 Å². The number of halogens is 1. The number of nitrogens with zero attached hydrogens (tertiary/aromatic N) is 2. The lowest BCUT2D eigenvalue weighted by Crippen LogP contribution is -2.27. The Morgan fingerprint density at radius 2 is 1.92 bits per heavy atom. The van der Waals surface area contributed by atoms with Crippen LogP contribution in [0.5, 0.6) is 5.75 Å². The van der Waals surface area contributed by atoms with Crippen LogP contribution in [-0.2, 0) is 0 Å². The summed E-state index contributed by atoms with van der Waals surface area (Å²) in [4.78, 5) is 7.69. The molecule has 1 aliphatic heterocycles. The van der Waals surface area contributed by atoms with Gasteiger partial charge in [0.25, 0.3) is 0 Å². The van der Waals surface area contributed by atoms with Gasteiger partial charge >= 0.3 is 0 Å². The maximum absolute atomic E-state index is 13.9. The van der Waals surface area contributed by atoms with Gasteiger partial charge in [-0.2, -0.15) is 0 Å². The molecule has 0 bridgehead atoms. The lowest BCUT2D eigenvalue weighted by atomic mass is 10.0. The molecule has 1 N–H and O–H groups in total. The average Bonchev–Trinajstić information content (AvgIpc) is 3.15. The molecule has 0 amide bonds. The molecular weight excluding hydrogens is 347 g/mol. The smallest absolute Gasteiger partial charge is 0.136 e. The average molecular weight is 373 g/mol. The minimum atomic E-state index is -0.0913. The second kappa shape index (κ2) is 7.57. The molecule has 0 spiro atoms. The number of thioether (sulfide) groups is 1. The van der Waals surface area contributed by atoms with Gasteiger partial charge in [0, 0.05) is 41.4 Å². The third-order valence-corrected chi connectivity index (χ3v) is 7.02. The standard InChI is InChI=1S/C21H25FN2OS/c1-14(20-7-6-17(25)10-23-20)11-24-12-15-8-18(9-16(15)13-24)26-21-5-3-2-4-19(21)22/h2-7,10,14-16,18,25H,8-9,11-13H2,1H3/t14?,15-,16+,18+. The van der Waals surface area contributed by atoms with Crippen LogP contribution >= 0.6 is 11.8 Å². The minimum absolute atomic E-state index is 0.0913. The predicted octanol–water partition coefficient (Wildman–Crippen LogP) is 4.53. The van der Waals surface area contributed by atoms with Crippen LogP contribution in [0.1, 0.15) is 31.4 Å². The number of pyridine rings is 1. The van der Waals surface area contributed by atoms with Gasteiger partial charge in [-0.15, -0.1) is 11.8 Å². The van der Waals surface area contributed by atoms with E-state index in [0.29, 0.717) is 11.2 Å². The van der Waals surface area contributed by atoms with Crippen molar-refractivity contribution in [2.45, 2.75) is 35.8 Å². The Balaban J connectivity index is 1.29. The van der Waals surface area contributed by atoms with Crippen molar-refractivity contribution in [1.82, 2.24) is 9.88 Å². The largest absolute Gasteiger partial charge is 0.506 e. The summed E-state index contributed by atoms with van der Waals surface area (Å²) in [6, 6.07) is 10.7. The number of aromatic hydroxyl groups is 1. The summed E-state index contributed by atoms with van der Waals surface area (Å²) in [6.07, 6.45) is 3.90. The van der Waals surface area contributed by atoms with Crippen LogP contribution in [0.25, 0.3) is 0 Å². The van der Waals surface area contributed by atoms with E-state index in [0.717, 1.165) is 42.1 Å². The third kappa shape index (κ3) is 3.89. The molecule has 1 saturated heterocycles. The Hall–Kier alpha value is -1.59. The molecule has 0 radical (unpaired) electrons. The number of hydrogen-bond donors (Lipinski definition) is 1. The first-order chi connectivity index (χ1) is 12.6. The lowest BCUT2D eigenvalue weighted by Gasteiger charge is -2.22. The summed E-state index contributed by atoms with van der Waals surface area (Å²) in [6.45, 7) is 5.49. The van der Waals surface area contributed by atoms with Crippen molar-refractivity contribution in [3.05, 3.63) is 54.1 Å². The fraction of sp³-hybridized carbons (Fsp3) is 0.476. The molecule has 2 aliphatic rings. The molecule has 1 aromatic carbocycles. The first-order valence-electron chi connectivity index (χ1n) is 9.37. The normalized spacial score (nSPS) is 26.8. The number of likely N-dealkylation sites (tertiary alicyclic amines) is 1. The fourth-order valence-electron chi connectivity index (χ4n) is 4.48. The van der Waals surface area contributed by atoms with Gasteiger partial charge in [-0.3, -0.25) is 4.98 Å². The molecule has 2 heterocycles. The van der Waals surface area contributed by atoms with E-state index in [1.165, 1.54) is 19.0 Å². The quantitative estimate of drug-likeness (QED) is 0.836. The predicted molar refractivity (Wildman–Crippen MR) is 103 cm³/mol. The number of fused-ring (bicyclic) bond motifs is 1. The Morgan fingerprint density at radius 1 is 1.19 bits per heavy atom. The maximum Gasteiger partial charge on any atom is 0.136 e. The van der Waals surface area contributed by atoms with Crippen LogP contribution in [0.15, 0.2) is 47.5 Å². The molecule has 1 unspecified atom stereocenters. The molecule has 2 aromatic rings. The van der Waals surface area contributed by atoms with E-state index in [1.54, 1.807) is 30.0 Å². The molecule has 138 valence electrons. The van der Waals surface area contributed by atoms with Crippen LogP contribution in [0.4, 0.5) is 4.39 Å². The van der Waals surface area contributed by atoms with Crippen molar-refractivity contribution >= 4 is 11.8 Å². The molecule has 1 aliphatic carbocycles. The number of hydrogen-bond acceptors (Lipinski definition) is 4. The SMILES string of the molecule is CC(CN1C[C@H]2C[C@H](Sc3ccccc3F)C[C@H]2C1)c1ccc(O)cn1. The van der Waals surface area contributed by atoms with Gasteiger partial charge in [-0.1, -0.05) is 19.1 Å². The van der Waals surface area contributed by atoms with E-state index >= 15 is 0 Å². The van der Waals surface area contributed by atoms with Gasteiger partial charge < -0.3 is 10.0 Å². The van der Waals surface area contributed by atoms with Gasteiger partial charge in [0.05, 0.1) is 6.20 Å². The van der Waals surface area contributed by atoms with Crippen molar-refractivity contribution in [3.63, 3.8) is 0 Å². The Labute approximate surface area is 158 Å². The van der Waals surface area contributed by atoms with Crippen molar-refractivity contribution in [2.75, 3.05) is 19.6 Å². The first-order valence-corrected chi connectivity index (χ1v) is 10.2. The van der Waals surface area contributed by atoms with E-state index in [1.807, 2.05) is 18.2 Å². The van der Waals surface area contributed by atoms with E-state index in [2.05, 4.69) is 16.8 Å². The molecule has 4 rings (SSSR count). The van der Waals surface area contributed by atoms with Crippen molar-refractivity contribution in [2.24, 2.45) is 11.8 Å². The monoisotopic (exact) mass is 372 g/mol. The highest BCUT2D eigenvalue weighted by atomic mass is 32.2. The van der Waals surface area contributed by atoms with E-state index in [-0.39, 0.29) is 11.6 Å². The van der Waals surface area contributed by atoms with Crippen molar-refractivity contribution in [3.8, 4) is 5.75 Å². The number of aromatic nitrogens is 1. The van der Waals surface area contributed by atoms with E-state index in [9.17, 15) is 9.50 Å². The highest BCUT2D eigenvalue weighted by molar-refractivity contribution is 8.00. The van der Waals surface area contributed by atoms with Crippen molar-refractivity contribution < 1.29 is 9.50 Å². The van der Waals surface area contributed by atoms with Crippen molar-refractivity contribution in [1.29, 1.82) is 0 Å². The van der Waals surface area contributed by atoms with Gasteiger partial charge in [0.2, 0.25) is 0 Å². The summed E-state index contributed by atoms with van der Waals surface area (Å²) >= 11 is 1.72. The highest BCUT2D eigenvalue weighted by Gasteiger charge is 2.41. The highest BCUT2D eigenvalue weighted by Crippen LogP contribution is 2.45. The number of rotatable bonds is 5. The zero-order chi connectivity index (χ0) is 18.1. The second-order valence-electron chi connectivity index (χ2n) is 7.72. The number of benzene rings is 1. The molecule has 1 aromatic heterocycles. The summed E-state index contributed by atoms with van der Waals surface area (Å²) in [7, 11) is 0. The zero-order valence-corrected chi connectivity index (χ0v) is 15.8. The molecule has 2 fully saturated rings.